The lowest BCUT2D eigenvalue weighted by Crippen LogP contribution is -2.14. The van der Waals surface area contributed by atoms with E-state index >= 15 is 0 Å². The number of aromatic amines is 1. The van der Waals surface area contributed by atoms with Crippen LogP contribution in [0.1, 0.15) is 35.9 Å². The quantitative estimate of drug-likeness (QED) is 0.683. The van der Waals surface area contributed by atoms with Crippen LogP contribution in [0.15, 0.2) is 33.6 Å². The minimum atomic E-state index is -3.81. The Morgan fingerprint density at radius 3 is 2.73 bits per heavy atom. The Morgan fingerprint density at radius 2 is 2.04 bits per heavy atom. The third-order valence-corrected chi connectivity index (χ3v) is 6.18. The third kappa shape index (κ3) is 3.10. The number of nitrogens with zero attached hydrogens (tertiary/aromatic N) is 2. The molecule has 0 saturated heterocycles. The molecule has 26 heavy (non-hydrogen) atoms. The van der Waals surface area contributed by atoms with Crippen molar-refractivity contribution in [3.63, 3.8) is 0 Å². The zero-order valence-electron chi connectivity index (χ0n) is 14.2. The maximum Gasteiger partial charge on any atom is 0.264 e. The van der Waals surface area contributed by atoms with Crippen LogP contribution in [0, 0.1) is 13.8 Å². The molecule has 136 valence electrons. The summed E-state index contributed by atoms with van der Waals surface area (Å²) in [4.78, 5) is 3.23. The lowest BCUT2D eigenvalue weighted by molar-refractivity contribution is 0.507. The zero-order chi connectivity index (χ0) is 18.5. The maximum absolute atomic E-state index is 12.9. The highest BCUT2D eigenvalue weighted by Gasteiger charge is 2.31. The van der Waals surface area contributed by atoms with E-state index in [4.69, 9.17) is 16.0 Å². The van der Waals surface area contributed by atoms with Gasteiger partial charge in [0.2, 0.25) is 5.89 Å². The molecule has 1 saturated carbocycles. The van der Waals surface area contributed by atoms with Crippen LogP contribution in [0.4, 0.5) is 5.69 Å². The normalized spacial score (nSPS) is 14.6. The van der Waals surface area contributed by atoms with Gasteiger partial charge in [-0.15, -0.1) is 10.2 Å². The standard InChI is InChI=1S/C17H17ClN4O3S/c1-9-14(17-21-20-16(25-17)11-6-7-11)19-10(2)15(9)26(23,24)22-13-5-3-4-12(18)8-13/h3-5,8,11,19,22H,6-7H2,1-2H3. The van der Waals surface area contributed by atoms with Gasteiger partial charge in [0.05, 0.1) is 5.69 Å². The molecule has 9 heteroatoms. The lowest BCUT2D eigenvalue weighted by Gasteiger charge is -2.09. The Bertz CT molecular complexity index is 1080. The predicted octanol–water partition coefficient (Wildman–Crippen LogP) is 4.01. The van der Waals surface area contributed by atoms with Gasteiger partial charge in [-0.3, -0.25) is 4.72 Å². The van der Waals surface area contributed by atoms with Gasteiger partial charge < -0.3 is 9.40 Å². The van der Waals surface area contributed by atoms with Crippen molar-refractivity contribution < 1.29 is 12.8 Å². The summed E-state index contributed by atoms with van der Waals surface area (Å²) in [6.07, 6.45) is 2.10. The maximum atomic E-state index is 12.9. The van der Waals surface area contributed by atoms with E-state index in [-0.39, 0.29) is 4.90 Å². The number of H-pyrrole nitrogens is 1. The number of rotatable bonds is 5. The second kappa shape index (κ2) is 6.14. The van der Waals surface area contributed by atoms with Crippen LogP contribution in [0.2, 0.25) is 5.02 Å². The average molecular weight is 393 g/mol. The fraction of sp³-hybridized carbons (Fsp3) is 0.294. The molecular weight excluding hydrogens is 376 g/mol. The summed E-state index contributed by atoms with van der Waals surface area (Å²) in [5.41, 5.74) is 1.95. The minimum Gasteiger partial charge on any atom is -0.419 e. The first-order chi connectivity index (χ1) is 12.3. The highest BCUT2D eigenvalue weighted by molar-refractivity contribution is 7.92. The van der Waals surface area contributed by atoms with E-state index in [1.165, 1.54) is 0 Å². The summed E-state index contributed by atoms with van der Waals surface area (Å²) in [5.74, 6) is 1.24. The molecule has 7 nitrogen and oxygen atoms in total. The molecule has 1 aromatic carbocycles. The van der Waals surface area contributed by atoms with Crippen molar-refractivity contribution in [2.24, 2.45) is 0 Å². The van der Waals surface area contributed by atoms with Crippen molar-refractivity contribution in [3.05, 3.63) is 46.4 Å². The molecule has 0 aliphatic heterocycles. The van der Waals surface area contributed by atoms with E-state index in [9.17, 15) is 8.42 Å². The van der Waals surface area contributed by atoms with Crippen LogP contribution in [-0.2, 0) is 10.0 Å². The van der Waals surface area contributed by atoms with E-state index in [1.54, 1.807) is 38.1 Å². The third-order valence-electron chi connectivity index (χ3n) is 4.30. The number of benzene rings is 1. The van der Waals surface area contributed by atoms with Gasteiger partial charge in [0.25, 0.3) is 15.9 Å². The monoisotopic (exact) mass is 392 g/mol. The van der Waals surface area contributed by atoms with Gasteiger partial charge in [0, 0.05) is 22.2 Å². The van der Waals surface area contributed by atoms with Gasteiger partial charge in [-0.2, -0.15) is 0 Å². The minimum absolute atomic E-state index is 0.165. The van der Waals surface area contributed by atoms with Gasteiger partial charge in [0.1, 0.15) is 10.6 Å². The molecule has 1 aliphatic rings. The molecule has 4 rings (SSSR count). The van der Waals surface area contributed by atoms with Gasteiger partial charge in [-0.25, -0.2) is 8.42 Å². The number of sulfonamides is 1. The van der Waals surface area contributed by atoms with E-state index < -0.39 is 10.0 Å². The highest BCUT2D eigenvalue weighted by Crippen LogP contribution is 2.40. The molecule has 2 aromatic heterocycles. The molecule has 2 heterocycles. The summed E-state index contributed by atoms with van der Waals surface area (Å²) >= 11 is 5.93. The van der Waals surface area contributed by atoms with Crippen molar-refractivity contribution in [2.45, 2.75) is 37.5 Å². The molecule has 0 radical (unpaired) electrons. The average Bonchev–Trinajstić information content (AvgIpc) is 3.20. The molecule has 1 fully saturated rings. The highest BCUT2D eigenvalue weighted by atomic mass is 35.5. The van der Waals surface area contributed by atoms with Crippen molar-refractivity contribution >= 4 is 27.3 Å². The van der Waals surface area contributed by atoms with Crippen LogP contribution in [-0.4, -0.2) is 23.6 Å². The van der Waals surface area contributed by atoms with Crippen LogP contribution in [0.5, 0.6) is 0 Å². The zero-order valence-corrected chi connectivity index (χ0v) is 15.8. The number of anilines is 1. The van der Waals surface area contributed by atoms with Crippen molar-refractivity contribution in [2.75, 3.05) is 4.72 Å². The number of nitrogens with one attached hydrogen (secondary N) is 2. The molecule has 1 aliphatic carbocycles. The number of aromatic nitrogens is 3. The van der Waals surface area contributed by atoms with Crippen LogP contribution >= 0.6 is 11.6 Å². The van der Waals surface area contributed by atoms with Crippen molar-refractivity contribution in [3.8, 4) is 11.6 Å². The first kappa shape index (κ1) is 17.1. The Hall–Kier alpha value is -2.32. The summed E-state index contributed by atoms with van der Waals surface area (Å²) in [7, 11) is -3.81. The summed E-state index contributed by atoms with van der Waals surface area (Å²) in [6, 6.07) is 6.55. The second-order valence-corrected chi connectivity index (χ2v) is 8.47. The van der Waals surface area contributed by atoms with Crippen LogP contribution in [0.25, 0.3) is 11.6 Å². The Balaban J connectivity index is 1.70. The first-order valence-electron chi connectivity index (χ1n) is 8.16. The van der Waals surface area contributed by atoms with Crippen molar-refractivity contribution in [1.82, 2.24) is 15.2 Å². The van der Waals surface area contributed by atoms with E-state index in [0.717, 1.165) is 12.8 Å². The Kier molecular flexibility index (Phi) is 4.04. The number of hydrogen-bond acceptors (Lipinski definition) is 5. The van der Waals surface area contributed by atoms with E-state index in [2.05, 4.69) is 19.9 Å². The first-order valence-corrected chi connectivity index (χ1v) is 10.0. The number of aryl methyl sites for hydroxylation is 1. The largest absolute Gasteiger partial charge is 0.419 e. The van der Waals surface area contributed by atoms with Gasteiger partial charge in [-0.1, -0.05) is 17.7 Å². The summed E-state index contributed by atoms with van der Waals surface area (Å²) in [6.45, 7) is 3.41. The summed E-state index contributed by atoms with van der Waals surface area (Å²) < 4.78 is 34.0. The lowest BCUT2D eigenvalue weighted by atomic mass is 10.2. The second-order valence-electron chi connectivity index (χ2n) is 6.41. The van der Waals surface area contributed by atoms with Crippen molar-refractivity contribution in [1.29, 1.82) is 0 Å². The fourth-order valence-electron chi connectivity index (χ4n) is 2.94. The topological polar surface area (TPSA) is 101 Å². The Labute approximate surface area is 155 Å². The van der Waals surface area contributed by atoms with E-state index in [1.807, 2.05) is 0 Å². The molecule has 0 atom stereocenters. The molecule has 0 spiro atoms. The molecule has 2 N–H and O–H groups in total. The smallest absolute Gasteiger partial charge is 0.264 e. The molecule has 0 unspecified atom stereocenters. The van der Waals surface area contributed by atoms with Gasteiger partial charge in [0.15, 0.2) is 0 Å². The van der Waals surface area contributed by atoms with E-state index in [0.29, 0.717) is 45.4 Å². The van der Waals surface area contributed by atoms with Crippen LogP contribution in [0.3, 0.4) is 0 Å². The number of halogens is 1. The number of hydrogen-bond donors (Lipinski definition) is 2. The fourth-order valence-corrected chi connectivity index (χ4v) is 4.63. The molecule has 3 aromatic rings. The molecular formula is C17H17ClN4O3S. The van der Waals surface area contributed by atoms with Crippen LogP contribution < -0.4 is 4.72 Å². The Morgan fingerprint density at radius 1 is 1.27 bits per heavy atom. The molecule has 0 bridgehead atoms. The predicted molar refractivity (Wildman–Crippen MR) is 97.8 cm³/mol. The summed E-state index contributed by atoms with van der Waals surface area (Å²) in [5, 5.41) is 8.57. The van der Waals surface area contributed by atoms with Gasteiger partial charge >= 0.3 is 0 Å². The SMILES string of the molecule is Cc1[nH]c(-c2nnc(C3CC3)o2)c(C)c1S(=O)(=O)Nc1cccc(Cl)c1. The van der Waals surface area contributed by atoms with Gasteiger partial charge in [-0.05, 0) is 44.9 Å². The molecule has 0 amide bonds.